The third-order valence-electron chi connectivity index (χ3n) is 12.3. The maximum atomic E-state index is 17.2. The lowest BCUT2D eigenvalue weighted by Crippen LogP contribution is -2.61. The van der Waals surface area contributed by atoms with E-state index in [0.29, 0.717) is 56.2 Å². The number of hydrogen-bond donors (Lipinski definition) is 2. The Bertz CT molecular complexity index is 1480. The largest absolute Gasteiger partial charge is 0.461 e. The zero-order valence-corrected chi connectivity index (χ0v) is 27.0. The van der Waals surface area contributed by atoms with Crippen LogP contribution in [0.15, 0.2) is 6.20 Å². The van der Waals surface area contributed by atoms with Gasteiger partial charge in [0, 0.05) is 75.6 Å². The number of pyridine rings is 1. The molecular weight excluding hydrogens is 616 g/mol. The first kappa shape index (κ1) is 30.1. The first-order valence-electron chi connectivity index (χ1n) is 17.4. The summed E-state index contributed by atoms with van der Waals surface area (Å²) in [4.78, 5) is 19.0. The highest BCUT2D eigenvalue weighted by Crippen LogP contribution is 2.49. The van der Waals surface area contributed by atoms with Crippen molar-refractivity contribution < 1.29 is 23.0 Å². The van der Waals surface area contributed by atoms with Crippen LogP contribution < -0.4 is 20.5 Å². The minimum absolute atomic E-state index is 0.0728. The van der Waals surface area contributed by atoms with E-state index >= 15 is 4.39 Å². The fourth-order valence-electron chi connectivity index (χ4n) is 10.0. The molecule has 2 N–H and O–H groups in total. The van der Waals surface area contributed by atoms with E-state index in [0.717, 1.165) is 64.5 Å². The molecule has 11 rings (SSSR count). The second kappa shape index (κ2) is 11.6. The van der Waals surface area contributed by atoms with Crippen LogP contribution in [-0.4, -0.2) is 107 Å². The van der Waals surface area contributed by atoms with E-state index in [4.69, 9.17) is 40.8 Å². The average molecular weight is 660 g/mol. The van der Waals surface area contributed by atoms with Crippen molar-refractivity contribution in [2.45, 2.75) is 98.5 Å². The number of nitrogens with one attached hydrogen (secondary N) is 2. The van der Waals surface area contributed by atoms with E-state index in [1.54, 1.807) is 6.20 Å². The van der Waals surface area contributed by atoms with Gasteiger partial charge in [-0.05, 0) is 50.5 Å². The molecule has 46 heavy (non-hydrogen) atoms. The SMILES string of the molecule is Fc1c2ncc3c(nc(OC[C@@]45CCCN4C[C@H](F)C5)nc13)N1CCOC3(CC(C3)OCCCCC3C(Cl)CC4NNCC4C23)C1. The first-order valence-corrected chi connectivity index (χ1v) is 17.9. The predicted octanol–water partition coefficient (Wildman–Crippen LogP) is 3.86. The van der Waals surface area contributed by atoms with Gasteiger partial charge in [0.1, 0.15) is 24.1 Å². The van der Waals surface area contributed by atoms with E-state index in [9.17, 15) is 4.39 Å². The molecule has 7 bridgehead atoms. The molecule has 13 heteroatoms. The number of halogens is 3. The quantitative estimate of drug-likeness (QED) is 0.473. The maximum absolute atomic E-state index is 17.2. The van der Waals surface area contributed by atoms with Gasteiger partial charge in [0.2, 0.25) is 0 Å². The van der Waals surface area contributed by atoms with Crippen molar-refractivity contribution in [1.29, 1.82) is 0 Å². The van der Waals surface area contributed by atoms with Gasteiger partial charge in [-0.1, -0.05) is 6.42 Å². The van der Waals surface area contributed by atoms with E-state index in [1.165, 1.54) is 0 Å². The molecule has 7 aliphatic heterocycles. The summed E-state index contributed by atoms with van der Waals surface area (Å²) in [6, 6.07) is 0.279. The predicted molar refractivity (Wildman–Crippen MR) is 168 cm³/mol. The van der Waals surface area contributed by atoms with Crippen LogP contribution in [0.5, 0.6) is 6.01 Å². The van der Waals surface area contributed by atoms with E-state index in [1.807, 2.05) is 0 Å². The molecule has 7 atom stereocenters. The van der Waals surface area contributed by atoms with Crippen molar-refractivity contribution in [3.8, 4) is 6.01 Å². The van der Waals surface area contributed by atoms with Crippen LogP contribution in [0, 0.1) is 17.7 Å². The molecular formula is C33H44ClF2N7O3. The number of ether oxygens (including phenoxy) is 3. The number of hydrazine groups is 1. The van der Waals surface area contributed by atoms with Crippen molar-refractivity contribution >= 4 is 28.3 Å². The molecule has 0 aromatic carbocycles. The molecule has 1 spiro atoms. The highest BCUT2D eigenvalue weighted by Gasteiger charge is 2.52. The van der Waals surface area contributed by atoms with Crippen LogP contribution in [-0.2, 0) is 9.47 Å². The molecule has 250 valence electrons. The standard InChI is InChI=1S/C33H44ClF2N7O3/c34-24-10-25-22(15-38-41-25)26-21(24)4-1-2-8-44-20-12-33(13-20)17-42(7-9-46-33)30-23-14-37-29(26)27(36)28(23)39-31(40-30)45-18-32-5-3-6-43(32)16-19(35)11-32/h14,19-22,24-26,38,41H,1-13,15-18H2/t19-,20?,21?,22?,24?,25?,26?,32+,33?/m1/s1. The number of nitrogens with zero attached hydrogens (tertiary/aromatic N) is 5. The maximum Gasteiger partial charge on any atom is 0.319 e. The van der Waals surface area contributed by atoms with Crippen molar-refractivity contribution in [2.24, 2.45) is 11.8 Å². The van der Waals surface area contributed by atoms with Crippen LogP contribution >= 0.6 is 11.6 Å². The number of alkyl halides is 2. The monoisotopic (exact) mass is 659 g/mol. The fraction of sp³-hybridized carbons (Fsp3) is 0.788. The van der Waals surface area contributed by atoms with Gasteiger partial charge in [-0.15, -0.1) is 11.6 Å². The Labute approximate surface area is 273 Å². The second-order valence-corrected chi connectivity index (χ2v) is 15.6. The summed E-state index contributed by atoms with van der Waals surface area (Å²) < 4.78 is 50.7. The van der Waals surface area contributed by atoms with Crippen LogP contribution in [0.1, 0.15) is 69.4 Å². The molecule has 5 unspecified atom stereocenters. The molecule has 10 nitrogen and oxygen atoms in total. The summed E-state index contributed by atoms with van der Waals surface area (Å²) in [6.45, 7) is 4.81. The number of morpholine rings is 1. The third kappa shape index (κ3) is 5.00. The van der Waals surface area contributed by atoms with Gasteiger partial charge in [-0.25, -0.2) is 8.78 Å². The summed E-state index contributed by atoms with van der Waals surface area (Å²) in [5.74, 6) is 0.260. The Morgan fingerprint density at radius 1 is 1.11 bits per heavy atom. The highest BCUT2D eigenvalue weighted by atomic mass is 35.5. The first-order chi connectivity index (χ1) is 22.4. The Hall–Kier alpha value is -1.96. The van der Waals surface area contributed by atoms with Crippen molar-refractivity contribution in [3.63, 3.8) is 0 Å². The highest BCUT2D eigenvalue weighted by molar-refractivity contribution is 6.21. The van der Waals surface area contributed by atoms with Gasteiger partial charge in [0.25, 0.3) is 0 Å². The van der Waals surface area contributed by atoms with Crippen LogP contribution in [0.3, 0.4) is 0 Å². The second-order valence-electron chi connectivity index (χ2n) is 15.0. The van der Waals surface area contributed by atoms with Gasteiger partial charge in [0.05, 0.1) is 34.9 Å². The Kier molecular flexibility index (Phi) is 7.59. The van der Waals surface area contributed by atoms with Gasteiger partial charge in [0.15, 0.2) is 5.82 Å². The van der Waals surface area contributed by atoms with Crippen molar-refractivity contribution in [1.82, 2.24) is 30.7 Å². The molecule has 2 aromatic rings. The number of fused-ring (bicyclic) bond motifs is 2. The molecule has 9 heterocycles. The van der Waals surface area contributed by atoms with Gasteiger partial charge >= 0.3 is 6.01 Å². The van der Waals surface area contributed by atoms with Gasteiger partial charge < -0.3 is 19.1 Å². The lowest BCUT2D eigenvalue weighted by Gasteiger charge is -2.52. The summed E-state index contributed by atoms with van der Waals surface area (Å²) in [7, 11) is 0. The average Bonchev–Trinajstić information content (AvgIpc) is 3.73. The smallest absolute Gasteiger partial charge is 0.319 e. The molecule has 4 saturated heterocycles. The molecule has 2 saturated carbocycles. The van der Waals surface area contributed by atoms with Gasteiger partial charge in [-0.2, -0.15) is 9.97 Å². The van der Waals surface area contributed by atoms with E-state index < -0.39 is 12.0 Å². The summed E-state index contributed by atoms with van der Waals surface area (Å²) in [5, 5.41) is 0.466. The number of aromatic nitrogens is 3. The number of rotatable bonds is 3. The lowest BCUT2D eigenvalue weighted by molar-refractivity contribution is -0.176. The number of hydrogen-bond acceptors (Lipinski definition) is 10. The topological polar surface area (TPSA) is 96.9 Å². The summed E-state index contributed by atoms with van der Waals surface area (Å²) in [5.41, 5.74) is 6.68. The zero-order chi connectivity index (χ0) is 31.0. The lowest BCUT2D eigenvalue weighted by atomic mass is 9.66. The Morgan fingerprint density at radius 2 is 2.02 bits per heavy atom. The van der Waals surface area contributed by atoms with Crippen LogP contribution in [0.25, 0.3) is 10.9 Å². The summed E-state index contributed by atoms with van der Waals surface area (Å²) >= 11 is 7.11. The minimum Gasteiger partial charge on any atom is -0.461 e. The molecule has 0 amide bonds. The third-order valence-corrected chi connectivity index (χ3v) is 12.8. The Balaban J connectivity index is 1.14. The van der Waals surface area contributed by atoms with Crippen molar-refractivity contribution in [2.75, 3.05) is 57.4 Å². The van der Waals surface area contributed by atoms with Crippen molar-refractivity contribution in [3.05, 3.63) is 17.7 Å². The normalized spacial score (nSPS) is 40.8. The molecule has 6 fully saturated rings. The van der Waals surface area contributed by atoms with Crippen LogP contribution in [0.4, 0.5) is 14.6 Å². The minimum atomic E-state index is -0.864. The summed E-state index contributed by atoms with van der Waals surface area (Å²) in [6.07, 6.45) is 8.68. The van der Waals surface area contributed by atoms with E-state index in [2.05, 4.69) is 20.7 Å². The number of anilines is 1. The Morgan fingerprint density at radius 3 is 2.93 bits per heavy atom. The van der Waals surface area contributed by atoms with E-state index in [-0.39, 0.29) is 64.6 Å². The molecule has 2 aromatic heterocycles. The van der Waals surface area contributed by atoms with Gasteiger partial charge in [-0.3, -0.25) is 20.7 Å². The fourth-order valence-corrected chi connectivity index (χ4v) is 10.5. The molecule has 2 aliphatic carbocycles. The molecule has 0 radical (unpaired) electrons. The van der Waals surface area contributed by atoms with Crippen LogP contribution in [0.2, 0.25) is 0 Å². The zero-order valence-electron chi connectivity index (χ0n) is 26.2. The molecule has 9 aliphatic rings.